The van der Waals surface area contributed by atoms with Crippen LogP contribution in [-0.2, 0) is 6.54 Å². The van der Waals surface area contributed by atoms with Crippen molar-refractivity contribution in [3.63, 3.8) is 0 Å². The summed E-state index contributed by atoms with van der Waals surface area (Å²) in [4.78, 5) is 3.56. The molecule has 2 aromatic carbocycles. The zero-order valence-corrected chi connectivity index (χ0v) is 12.4. The van der Waals surface area contributed by atoms with Crippen LogP contribution in [-0.4, -0.2) is 4.68 Å². The van der Waals surface area contributed by atoms with Crippen LogP contribution in [0.4, 0.5) is 5.69 Å². The van der Waals surface area contributed by atoms with Crippen molar-refractivity contribution in [1.82, 2.24) is 4.68 Å². The van der Waals surface area contributed by atoms with Gasteiger partial charge in [-0.05, 0) is 43.5 Å². The molecule has 0 bridgehead atoms. The van der Waals surface area contributed by atoms with Crippen molar-refractivity contribution in [2.24, 2.45) is 0 Å². The van der Waals surface area contributed by atoms with Gasteiger partial charge in [-0.25, -0.2) is 4.85 Å². The zero-order valence-electron chi connectivity index (χ0n) is 12.4. The maximum atomic E-state index is 7.23. The van der Waals surface area contributed by atoms with Crippen molar-refractivity contribution in [3.05, 3.63) is 64.1 Å². The molecule has 0 amide bonds. The summed E-state index contributed by atoms with van der Waals surface area (Å²) in [5.41, 5.74) is 8.53. The summed E-state index contributed by atoms with van der Waals surface area (Å²) in [5.74, 6) is 0. The molecule has 0 aliphatic carbocycles. The highest BCUT2D eigenvalue weighted by Crippen LogP contribution is 2.32. The second kappa shape index (κ2) is 3.95. The highest BCUT2D eigenvalue weighted by atomic mass is 15.4. The first-order valence-electron chi connectivity index (χ1n) is 7.13. The lowest BCUT2D eigenvalue weighted by Gasteiger charge is -2.08. The summed E-state index contributed by atoms with van der Waals surface area (Å²) in [6.07, 6.45) is 2.18. The third-order valence-electron chi connectivity index (χ3n) is 4.58. The van der Waals surface area contributed by atoms with Crippen LogP contribution in [0.1, 0.15) is 22.3 Å². The van der Waals surface area contributed by atoms with E-state index in [1.165, 1.54) is 33.3 Å². The summed E-state index contributed by atoms with van der Waals surface area (Å²) in [5, 5.41) is 1.19. The molecule has 1 aromatic heterocycles. The molecule has 1 aliphatic heterocycles. The van der Waals surface area contributed by atoms with E-state index in [4.69, 9.17) is 6.57 Å². The molecule has 0 spiro atoms. The Balaban J connectivity index is 2.12. The second-order valence-corrected chi connectivity index (χ2v) is 5.86. The van der Waals surface area contributed by atoms with Crippen molar-refractivity contribution in [1.29, 1.82) is 0 Å². The topological polar surface area (TPSA) is 13.2 Å². The Kier molecular flexibility index (Phi) is 2.29. The van der Waals surface area contributed by atoms with Gasteiger partial charge in [-0.3, -0.25) is 0 Å². The van der Waals surface area contributed by atoms with E-state index in [0.717, 1.165) is 12.1 Å². The van der Waals surface area contributed by atoms with Gasteiger partial charge in [-0.15, -0.1) is 9.36 Å². The standard InChI is InChI=1S/C18H16N3/c1-11-7-12(2)18-16(13(11)3)10-20-9-14-5-6-15(19-4)8-17(14)21(18)20/h5-9H,10H2,1-3H3/q+1. The molecule has 3 nitrogen and oxygen atoms in total. The Morgan fingerprint density at radius 3 is 2.71 bits per heavy atom. The molecule has 0 atom stereocenters. The molecule has 3 heteroatoms. The minimum atomic E-state index is 0.693. The molecule has 1 aliphatic rings. The van der Waals surface area contributed by atoms with E-state index in [-0.39, 0.29) is 0 Å². The predicted molar refractivity (Wildman–Crippen MR) is 83.0 cm³/mol. The molecular formula is C18H16N3+. The first-order chi connectivity index (χ1) is 10.1. The molecule has 0 unspecified atom stereocenters. The van der Waals surface area contributed by atoms with E-state index >= 15 is 0 Å². The molecule has 21 heavy (non-hydrogen) atoms. The SMILES string of the molecule is [C-]#[N+]c1ccc2c[n+]3n(c2c1)-c1c(C)cc(C)c(C)c1C3. The predicted octanol–water partition coefficient (Wildman–Crippen LogP) is 3.76. The normalized spacial score (nSPS) is 12.3. The first kappa shape index (κ1) is 12.2. The van der Waals surface area contributed by atoms with E-state index < -0.39 is 0 Å². The summed E-state index contributed by atoms with van der Waals surface area (Å²) < 4.78 is 4.52. The Morgan fingerprint density at radius 2 is 1.95 bits per heavy atom. The number of rotatable bonds is 0. The smallest absolute Gasteiger partial charge is 0.204 e. The molecule has 102 valence electrons. The Hall–Kier alpha value is -2.60. The third kappa shape index (κ3) is 1.50. The molecule has 0 fully saturated rings. The number of hydrogen-bond acceptors (Lipinski definition) is 0. The van der Waals surface area contributed by atoms with Gasteiger partial charge in [-0.2, -0.15) is 0 Å². The van der Waals surface area contributed by atoms with E-state index in [0.29, 0.717) is 5.69 Å². The van der Waals surface area contributed by atoms with Crippen LogP contribution in [0.15, 0.2) is 30.5 Å². The lowest BCUT2D eigenvalue weighted by Crippen LogP contribution is -2.36. The maximum Gasteiger partial charge on any atom is 0.204 e. The molecule has 4 rings (SSSR count). The van der Waals surface area contributed by atoms with Crippen molar-refractivity contribution < 1.29 is 4.68 Å². The number of fused-ring (bicyclic) bond motifs is 5. The highest BCUT2D eigenvalue weighted by molar-refractivity contribution is 5.84. The fourth-order valence-electron chi connectivity index (χ4n) is 3.42. The number of hydrogen-bond donors (Lipinski definition) is 0. The Bertz CT molecular complexity index is 955. The monoisotopic (exact) mass is 274 g/mol. The quantitative estimate of drug-likeness (QED) is 0.342. The molecule has 2 heterocycles. The summed E-state index contributed by atoms with van der Waals surface area (Å²) >= 11 is 0. The third-order valence-corrected chi connectivity index (χ3v) is 4.58. The zero-order chi connectivity index (χ0) is 14.7. The largest absolute Gasteiger partial charge is 0.238 e. The fourth-order valence-corrected chi connectivity index (χ4v) is 3.42. The minimum Gasteiger partial charge on any atom is -0.238 e. The van der Waals surface area contributed by atoms with Crippen molar-refractivity contribution in [2.45, 2.75) is 27.3 Å². The van der Waals surface area contributed by atoms with Gasteiger partial charge in [0.25, 0.3) is 0 Å². The molecular weight excluding hydrogens is 258 g/mol. The van der Waals surface area contributed by atoms with Gasteiger partial charge >= 0.3 is 0 Å². The molecule has 0 radical (unpaired) electrons. The number of aryl methyl sites for hydroxylation is 2. The average molecular weight is 274 g/mol. The van der Waals surface area contributed by atoms with Crippen LogP contribution < -0.4 is 4.68 Å². The minimum absolute atomic E-state index is 0.693. The first-order valence-corrected chi connectivity index (χ1v) is 7.13. The van der Waals surface area contributed by atoms with Crippen LogP contribution in [0.5, 0.6) is 0 Å². The lowest BCUT2D eigenvalue weighted by molar-refractivity contribution is -0.749. The Morgan fingerprint density at radius 1 is 1.14 bits per heavy atom. The summed E-state index contributed by atoms with van der Waals surface area (Å²) in [6.45, 7) is 14.7. The van der Waals surface area contributed by atoms with Crippen LogP contribution >= 0.6 is 0 Å². The fraction of sp³-hybridized carbons (Fsp3) is 0.222. The van der Waals surface area contributed by atoms with Gasteiger partial charge in [0.15, 0.2) is 12.2 Å². The van der Waals surface area contributed by atoms with Gasteiger partial charge < -0.3 is 0 Å². The lowest BCUT2D eigenvalue weighted by atomic mass is 9.98. The molecule has 0 saturated heterocycles. The van der Waals surface area contributed by atoms with E-state index in [1.807, 2.05) is 18.2 Å². The summed E-state index contributed by atoms with van der Waals surface area (Å²) in [6, 6.07) is 8.17. The molecule has 3 aromatic rings. The maximum absolute atomic E-state index is 7.23. The van der Waals surface area contributed by atoms with Crippen LogP contribution in [0.2, 0.25) is 0 Å². The van der Waals surface area contributed by atoms with Gasteiger partial charge in [-0.1, -0.05) is 18.2 Å². The van der Waals surface area contributed by atoms with Gasteiger partial charge in [0, 0.05) is 0 Å². The molecule has 0 N–H and O–H groups in total. The number of aromatic nitrogens is 2. The summed E-state index contributed by atoms with van der Waals surface area (Å²) in [7, 11) is 0. The van der Waals surface area contributed by atoms with Crippen LogP contribution in [0, 0.1) is 27.3 Å². The van der Waals surface area contributed by atoms with Crippen molar-refractivity contribution >= 4 is 16.6 Å². The molecule has 0 saturated carbocycles. The number of benzene rings is 2. The van der Waals surface area contributed by atoms with Gasteiger partial charge in [0.2, 0.25) is 6.20 Å². The van der Waals surface area contributed by atoms with Gasteiger partial charge in [0.1, 0.15) is 11.2 Å². The van der Waals surface area contributed by atoms with Crippen LogP contribution in [0.25, 0.3) is 21.4 Å². The Labute approximate surface area is 123 Å². The van der Waals surface area contributed by atoms with Crippen molar-refractivity contribution in [3.8, 4) is 5.69 Å². The van der Waals surface area contributed by atoms with E-state index in [2.05, 4.69) is 47.2 Å². The average Bonchev–Trinajstić information content (AvgIpc) is 3.00. The van der Waals surface area contributed by atoms with Crippen LogP contribution in [0.3, 0.4) is 0 Å². The van der Waals surface area contributed by atoms with Crippen molar-refractivity contribution in [2.75, 3.05) is 0 Å². The van der Waals surface area contributed by atoms with E-state index in [1.54, 1.807) is 0 Å². The van der Waals surface area contributed by atoms with Gasteiger partial charge in [0.05, 0.1) is 17.5 Å². The number of nitrogens with zero attached hydrogens (tertiary/aromatic N) is 3. The second-order valence-electron chi connectivity index (χ2n) is 5.86. The highest BCUT2D eigenvalue weighted by Gasteiger charge is 2.31. The van der Waals surface area contributed by atoms with E-state index in [9.17, 15) is 0 Å².